The fraction of sp³-hybridized carbons (Fsp3) is 0.214. The summed E-state index contributed by atoms with van der Waals surface area (Å²) in [6.45, 7) is 0. The molecule has 3 aromatic rings. The summed E-state index contributed by atoms with van der Waals surface area (Å²) in [6.07, 6.45) is 4.03. The average Bonchev–Trinajstić information content (AvgIpc) is 2.77. The molecule has 19 heavy (non-hydrogen) atoms. The van der Waals surface area contributed by atoms with Crippen LogP contribution in [0.3, 0.4) is 0 Å². The lowest BCUT2D eigenvalue weighted by Gasteiger charge is -2.09. The Labute approximate surface area is 111 Å². The van der Waals surface area contributed by atoms with Crippen molar-refractivity contribution >= 4 is 11.0 Å². The molecule has 3 rings (SSSR count). The van der Waals surface area contributed by atoms with Crippen molar-refractivity contribution in [2.45, 2.75) is 12.5 Å². The number of nitrogens with two attached hydrogens (primary N) is 1. The lowest BCUT2D eigenvalue weighted by molar-refractivity contribution is 0.627. The van der Waals surface area contributed by atoms with Gasteiger partial charge >= 0.3 is 0 Å². The minimum absolute atomic E-state index is 0.239. The zero-order valence-corrected chi connectivity index (χ0v) is 10.7. The van der Waals surface area contributed by atoms with Crippen molar-refractivity contribution in [2.75, 3.05) is 0 Å². The number of para-hydroxylation sites is 2. The van der Waals surface area contributed by atoms with Gasteiger partial charge in [0.15, 0.2) is 0 Å². The number of fused-ring (bicyclic) bond motifs is 1. The van der Waals surface area contributed by atoms with Gasteiger partial charge in [-0.25, -0.2) is 15.0 Å². The van der Waals surface area contributed by atoms with Gasteiger partial charge in [0.05, 0.1) is 17.1 Å². The first-order valence-corrected chi connectivity index (χ1v) is 6.18. The Bertz CT molecular complexity index is 689. The second-order valence-electron chi connectivity index (χ2n) is 4.49. The zero-order valence-electron chi connectivity index (χ0n) is 10.7. The second kappa shape index (κ2) is 4.78. The fourth-order valence-electron chi connectivity index (χ4n) is 2.17. The van der Waals surface area contributed by atoms with Gasteiger partial charge in [-0.1, -0.05) is 12.1 Å². The molecule has 0 saturated heterocycles. The van der Waals surface area contributed by atoms with Crippen LogP contribution in [0.15, 0.2) is 42.7 Å². The minimum atomic E-state index is -0.239. The zero-order chi connectivity index (χ0) is 13.2. The van der Waals surface area contributed by atoms with Crippen molar-refractivity contribution in [3.05, 3.63) is 54.4 Å². The maximum Gasteiger partial charge on any atom is 0.145 e. The molecule has 0 aliphatic carbocycles. The number of aromatic nitrogens is 4. The van der Waals surface area contributed by atoms with E-state index in [9.17, 15) is 0 Å². The first-order valence-electron chi connectivity index (χ1n) is 6.18. The lowest BCUT2D eigenvalue weighted by Crippen LogP contribution is -2.18. The molecule has 0 saturated carbocycles. The molecule has 96 valence electrons. The van der Waals surface area contributed by atoms with Crippen molar-refractivity contribution in [2.24, 2.45) is 12.8 Å². The molecule has 0 amide bonds. The number of imidazole rings is 1. The van der Waals surface area contributed by atoms with Crippen LogP contribution < -0.4 is 5.73 Å². The van der Waals surface area contributed by atoms with Gasteiger partial charge in [-0.05, 0) is 18.2 Å². The minimum Gasteiger partial charge on any atom is -0.331 e. The molecule has 1 aromatic carbocycles. The molecule has 5 nitrogen and oxygen atoms in total. The molecule has 0 bridgehead atoms. The number of hydrogen-bond donors (Lipinski definition) is 1. The van der Waals surface area contributed by atoms with Gasteiger partial charge in [0.2, 0.25) is 0 Å². The molecule has 0 fully saturated rings. The third kappa shape index (κ3) is 2.20. The smallest absolute Gasteiger partial charge is 0.145 e. The summed E-state index contributed by atoms with van der Waals surface area (Å²) in [7, 11) is 2.00. The Morgan fingerprint density at radius 1 is 1.16 bits per heavy atom. The molecular weight excluding hydrogens is 238 g/mol. The lowest BCUT2D eigenvalue weighted by atomic mass is 10.2. The topological polar surface area (TPSA) is 69.6 Å². The van der Waals surface area contributed by atoms with Crippen LogP contribution in [0, 0.1) is 0 Å². The van der Waals surface area contributed by atoms with E-state index >= 15 is 0 Å². The molecule has 5 heteroatoms. The number of hydrogen-bond acceptors (Lipinski definition) is 4. The predicted octanol–water partition coefficient (Wildman–Crippen LogP) is 1.61. The molecule has 0 aliphatic rings. The Balaban J connectivity index is 1.91. The van der Waals surface area contributed by atoms with Gasteiger partial charge in [-0.3, -0.25) is 0 Å². The number of benzene rings is 1. The van der Waals surface area contributed by atoms with Gasteiger partial charge in [0, 0.05) is 25.9 Å². The van der Waals surface area contributed by atoms with Crippen molar-refractivity contribution in [3.8, 4) is 0 Å². The van der Waals surface area contributed by atoms with E-state index < -0.39 is 0 Å². The summed E-state index contributed by atoms with van der Waals surface area (Å²) < 4.78 is 2.07. The largest absolute Gasteiger partial charge is 0.331 e. The highest BCUT2D eigenvalue weighted by atomic mass is 15.1. The van der Waals surface area contributed by atoms with E-state index in [-0.39, 0.29) is 6.04 Å². The molecule has 0 spiro atoms. The van der Waals surface area contributed by atoms with Crippen molar-refractivity contribution in [3.63, 3.8) is 0 Å². The quantitative estimate of drug-likeness (QED) is 0.769. The van der Waals surface area contributed by atoms with Gasteiger partial charge in [0.1, 0.15) is 11.6 Å². The van der Waals surface area contributed by atoms with E-state index in [2.05, 4.69) is 25.6 Å². The monoisotopic (exact) mass is 253 g/mol. The van der Waals surface area contributed by atoms with E-state index in [1.54, 1.807) is 18.5 Å². The third-order valence-electron chi connectivity index (χ3n) is 3.20. The highest BCUT2D eigenvalue weighted by Crippen LogP contribution is 2.17. The summed E-state index contributed by atoms with van der Waals surface area (Å²) in [6, 6.07) is 9.59. The average molecular weight is 253 g/mol. The van der Waals surface area contributed by atoms with E-state index in [4.69, 9.17) is 5.73 Å². The fourth-order valence-corrected chi connectivity index (χ4v) is 2.17. The number of rotatable bonds is 3. The van der Waals surface area contributed by atoms with E-state index in [1.165, 1.54) is 0 Å². The first-order chi connectivity index (χ1) is 9.25. The van der Waals surface area contributed by atoms with Gasteiger partial charge in [0.25, 0.3) is 0 Å². The molecule has 1 unspecified atom stereocenters. The van der Waals surface area contributed by atoms with E-state index in [0.29, 0.717) is 12.2 Å². The van der Waals surface area contributed by atoms with Crippen molar-refractivity contribution < 1.29 is 0 Å². The molecule has 2 aromatic heterocycles. The van der Waals surface area contributed by atoms with Crippen LogP contribution in [0.25, 0.3) is 11.0 Å². The van der Waals surface area contributed by atoms with Crippen LogP contribution in [0.1, 0.15) is 17.7 Å². The van der Waals surface area contributed by atoms with Crippen LogP contribution in [-0.2, 0) is 13.5 Å². The van der Waals surface area contributed by atoms with Gasteiger partial charge in [-0.15, -0.1) is 0 Å². The van der Waals surface area contributed by atoms with Crippen LogP contribution >= 0.6 is 0 Å². The SMILES string of the molecule is Cn1c(CC(N)c2ncccn2)nc2ccccc21. The van der Waals surface area contributed by atoms with Crippen LogP contribution in [0.5, 0.6) is 0 Å². The standard InChI is InChI=1S/C14H15N5/c1-19-12-6-3-2-5-11(12)18-13(19)9-10(15)14-16-7-4-8-17-14/h2-8,10H,9,15H2,1H3. The molecule has 1 atom stereocenters. The summed E-state index contributed by atoms with van der Waals surface area (Å²) in [5, 5.41) is 0. The normalized spacial score (nSPS) is 12.7. The summed E-state index contributed by atoms with van der Waals surface area (Å²) >= 11 is 0. The first kappa shape index (κ1) is 11.8. The second-order valence-corrected chi connectivity index (χ2v) is 4.49. The van der Waals surface area contributed by atoms with Crippen LogP contribution in [0.2, 0.25) is 0 Å². The summed E-state index contributed by atoms with van der Waals surface area (Å²) in [4.78, 5) is 13.0. The van der Waals surface area contributed by atoms with Gasteiger partial charge < -0.3 is 10.3 Å². The van der Waals surface area contributed by atoms with Crippen LogP contribution in [-0.4, -0.2) is 19.5 Å². The Kier molecular flexibility index (Phi) is 2.97. The Morgan fingerprint density at radius 3 is 2.63 bits per heavy atom. The van der Waals surface area contributed by atoms with Crippen molar-refractivity contribution in [1.82, 2.24) is 19.5 Å². The molecule has 2 heterocycles. The highest BCUT2D eigenvalue weighted by Gasteiger charge is 2.14. The number of aryl methyl sites for hydroxylation is 1. The summed E-state index contributed by atoms with van der Waals surface area (Å²) in [5.74, 6) is 1.59. The van der Waals surface area contributed by atoms with E-state index in [0.717, 1.165) is 16.9 Å². The van der Waals surface area contributed by atoms with Gasteiger partial charge in [-0.2, -0.15) is 0 Å². The molecular formula is C14H15N5. The maximum absolute atomic E-state index is 6.14. The van der Waals surface area contributed by atoms with E-state index in [1.807, 2.05) is 25.2 Å². The Morgan fingerprint density at radius 2 is 1.89 bits per heavy atom. The maximum atomic E-state index is 6.14. The molecule has 0 aliphatic heterocycles. The molecule has 0 radical (unpaired) electrons. The molecule has 2 N–H and O–H groups in total. The predicted molar refractivity (Wildman–Crippen MR) is 73.4 cm³/mol. The van der Waals surface area contributed by atoms with Crippen LogP contribution in [0.4, 0.5) is 0 Å². The number of nitrogens with zero attached hydrogens (tertiary/aromatic N) is 4. The highest BCUT2D eigenvalue weighted by molar-refractivity contribution is 5.75. The van der Waals surface area contributed by atoms with Crippen molar-refractivity contribution in [1.29, 1.82) is 0 Å². The Hall–Kier alpha value is -2.27. The third-order valence-corrected chi connectivity index (χ3v) is 3.20. The summed E-state index contributed by atoms with van der Waals surface area (Å²) in [5.41, 5.74) is 8.24.